The average molecular weight is 536 g/mol. The van der Waals surface area contributed by atoms with E-state index in [9.17, 15) is 0 Å². The lowest BCUT2D eigenvalue weighted by atomic mass is 9.65. The van der Waals surface area contributed by atoms with Crippen molar-refractivity contribution in [2.45, 2.75) is 56.3 Å². The maximum atomic E-state index is 5.76. The van der Waals surface area contributed by atoms with Crippen molar-refractivity contribution in [3.8, 4) is 11.5 Å². The lowest BCUT2D eigenvalue weighted by molar-refractivity contribution is 0.134. The molecule has 2 fully saturated rings. The Kier molecular flexibility index (Phi) is 7.89. The Labute approximate surface area is 231 Å². The fourth-order valence-corrected chi connectivity index (χ4v) is 6.58. The molecule has 3 atom stereocenters. The van der Waals surface area contributed by atoms with E-state index in [0.717, 1.165) is 61.9 Å². The first-order valence-electron chi connectivity index (χ1n) is 13.0. The van der Waals surface area contributed by atoms with Crippen molar-refractivity contribution in [3.63, 3.8) is 0 Å². The number of nitrogens with one attached hydrogen (secondary N) is 2. The third kappa shape index (κ3) is 5.42. The lowest BCUT2D eigenvalue weighted by Gasteiger charge is -2.45. The zero-order chi connectivity index (χ0) is 24.4. The Morgan fingerprint density at radius 1 is 0.919 bits per heavy atom. The van der Waals surface area contributed by atoms with Gasteiger partial charge in [-0.2, -0.15) is 0 Å². The minimum Gasteiger partial charge on any atom is -0.454 e. The van der Waals surface area contributed by atoms with Gasteiger partial charge in [-0.15, -0.1) is 12.4 Å². The summed E-state index contributed by atoms with van der Waals surface area (Å²) in [6.07, 6.45) is 4.45. The van der Waals surface area contributed by atoms with Gasteiger partial charge in [-0.25, -0.2) is 0 Å². The highest BCUT2D eigenvalue weighted by Crippen LogP contribution is 2.51. The molecule has 2 N–H and O–H groups in total. The van der Waals surface area contributed by atoms with E-state index in [1.807, 2.05) is 6.07 Å². The van der Waals surface area contributed by atoms with Crippen LogP contribution in [0.3, 0.4) is 0 Å². The molecule has 1 aliphatic carbocycles. The zero-order valence-electron chi connectivity index (χ0n) is 20.9. The Morgan fingerprint density at radius 3 is 2.43 bits per heavy atom. The van der Waals surface area contributed by atoms with E-state index in [-0.39, 0.29) is 17.8 Å². The maximum Gasteiger partial charge on any atom is 0.231 e. The molecule has 5 nitrogen and oxygen atoms in total. The number of nitrogens with zero attached hydrogens (tertiary/aromatic N) is 1. The van der Waals surface area contributed by atoms with Crippen LogP contribution in [-0.4, -0.2) is 35.4 Å². The van der Waals surface area contributed by atoms with Crippen LogP contribution in [0.2, 0.25) is 0 Å². The highest BCUT2D eigenvalue weighted by Gasteiger charge is 2.51. The van der Waals surface area contributed by atoms with Crippen molar-refractivity contribution in [2.24, 2.45) is 0 Å². The minimum atomic E-state index is 0. The number of rotatable bonds is 6. The monoisotopic (exact) mass is 535 g/mol. The number of fused-ring (bicyclic) bond motifs is 2. The van der Waals surface area contributed by atoms with Crippen LogP contribution in [0.1, 0.15) is 42.4 Å². The van der Waals surface area contributed by atoms with Gasteiger partial charge in [-0.1, -0.05) is 66.7 Å². The summed E-state index contributed by atoms with van der Waals surface area (Å²) in [6, 6.07) is 28.6. The molecule has 37 heavy (non-hydrogen) atoms. The van der Waals surface area contributed by atoms with E-state index in [4.69, 9.17) is 21.7 Å². The number of likely N-dealkylation sites (tertiary alicyclic amines) is 1. The van der Waals surface area contributed by atoms with Crippen LogP contribution < -0.4 is 20.1 Å². The van der Waals surface area contributed by atoms with Crippen LogP contribution in [0.25, 0.3) is 0 Å². The van der Waals surface area contributed by atoms with E-state index < -0.39 is 0 Å². The molecule has 0 aromatic heterocycles. The van der Waals surface area contributed by atoms with Crippen LogP contribution in [0.4, 0.5) is 0 Å². The standard InChI is InChI=1S/C30H33N3O2S.ClH/c36-29(31-19-22-7-3-1-4-8-22)32-25-13-14-30(24-11-12-26-27(17-24)35-21-34-26)15-16-33(28(30)18-25)20-23-9-5-2-6-10-23;/h1-12,17,25,28H,13-16,18-21H2,(H2,31,32,36);1H/t25-,28+,30+;/m1./s1. The summed E-state index contributed by atoms with van der Waals surface area (Å²) in [5, 5.41) is 7.79. The number of hydrogen-bond acceptors (Lipinski definition) is 4. The van der Waals surface area contributed by atoms with Gasteiger partial charge in [0.05, 0.1) is 0 Å². The third-order valence-corrected chi connectivity index (χ3v) is 8.44. The molecule has 1 saturated heterocycles. The first kappa shape index (κ1) is 25.8. The highest BCUT2D eigenvalue weighted by atomic mass is 35.5. The first-order chi connectivity index (χ1) is 17.7. The Hall–Kier alpha value is -2.80. The molecule has 7 heteroatoms. The fourth-order valence-electron chi connectivity index (χ4n) is 6.34. The predicted molar refractivity (Wildman–Crippen MR) is 153 cm³/mol. The molecule has 6 rings (SSSR count). The molecule has 0 radical (unpaired) electrons. The van der Waals surface area contributed by atoms with Crippen molar-refractivity contribution in [1.29, 1.82) is 0 Å². The van der Waals surface area contributed by atoms with Gasteiger partial charge in [-0.3, -0.25) is 4.90 Å². The maximum absolute atomic E-state index is 5.76. The molecule has 3 aromatic carbocycles. The Morgan fingerprint density at radius 2 is 1.65 bits per heavy atom. The summed E-state index contributed by atoms with van der Waals surface area (Å²) in [7, 11) is 0. The van der Waals surface area contributed by atoms with E-state index in [0.29, 0.717) is 18.9 Å². The summed E-state index contributed by atoms with van der Waals surface area (Å²) in [4.78, 5) is 2.69. The smallest absolute Gasteiger partial charge is 0.231 e. The van der Waals surface area contributed by atoms with Crippen molar-refractivity contribution in [1.82, 2.24) is 15.5 Å². The minimum absolute atomic E-state index is 0. The second-order valence-electron chi connectivity index (χ2n) is 10.2. The Bertz CT molecular complexity index is 1210. The molecular formula is C30H34ClN3O2S. The van der Waals surface area contributed by atoms with E-state index in [1.165, 1.54) is 16.7 Å². The van der Waals surface area contributed by atoms with E-state index >= 15 is 0 Å². The summed E-state index contributed by atoms with van der Waals surface area (Å²) < 4.78 is 11.4. The van der Waals surface area contributed by atoms with Gasteiger partial charge in [0.1, 0.15) is 0 Å². The Balaban J connectivity index is 0.00000280. The van der Waals surface area contributed by atoms with Crippen molar-refractivity contribution < 1.29 is 9.47 Å². The van der Waals surface area contributed by atoms with Gasteiger partial charge in [0.15, 0.2) is 16.6 Å². The van der Waals surface area contributed by atoms with Gasteiger partial charge in [0, 0.05) is 30.6 Å². The molecule has 0 amide bonds. The van der Waals surface area contributed by atoms with Crippen LogP contribution >= 0.6 is 24.6 Å². The number of thiocarbonyl (C=S) groups is 1. The predicted octanol–water partition coefficient (Wildman–Crippen LogP) is 5.57. The topological polar surface area (TPSA) is 45.8 Å². The molecule has 0 bridgehead atoms. The van der Waals surface area contributed by atoms with Crippen LogP contribution in [0.15, 0.2) is 78.9 Å². The fraction of sp³-hybridized carbons (Fsp3) is 0.367. The highest BCUT2D eigenvalue weighted by molar-refractivity contribution is 7.80. The van der Waals surface area contributed by atoms with Gasteiger partial charge in [0.2, 0.25) is 6.79 Å². The number of benzene rings is 3. The average Bonchev–Trinajstić information content (AvgIpc) is 3.54. The molecule has 2 aliphatic heterocycles. The van der Waals surface area contributed by atoms with Crippen molar-refractivity contribution in [3.05, 3.63) is 95.6 Å². The summed E-state index contributed by atoms with van der Waals surface area (Å²) in [5.41, 5.74) is 4.11. The quantitative estimate of drug-likeness (QED) is 0.403. The SMILES string of the molecule is Cl.S=C(NCc1ccccc1)N[C@@H]1CC[C@@]2(c3ccc4c(c3)OCO4)CCN(Cc3ccccc3)[C@H]2C1. The van der Waals surface area contributed by atoms with Crippen LogP contribution in [-0.2, 0) is 18.5 Å². The molecule has 2 heterocycles. The van der Waals surface area contributed by atoms with Gasteiger partial charge in [-0.05, 0) is 73.3 Å². The van der Waals surface area contributed by atoms with E-state index in [2.05, 4.69) is 88.3 Å². The third-order valence-electron chi connectivity index (χ3n) is 8.18. The summed E-state index contributed by atoms with van der Waals surface area (Å²) in [5.74, 6) is 1.74. The van der Waals surface area contributed by atoms with Crippen LogP contribution in [0, 0.1) is 0 Å². The largest absolute Gasteiger partial charge is 0.454 e. The molecule has 3 aliphatic rings. The summed E-state index contributed by atoms with van der Waals surface area (Å²) in [6.45, 7) is 3.12. The number of ether oxygens (including phenoxy) is 2. The molecule has 3 aromatic rings. The second kappa shape index (κ2) is 11.3. The first-order valence-corrected chi connectivity index (χ1v) is 13.4. The molecule has 194 valence electrons. The zero-order valence-corrected chi connectivity index (χ0v) is 22.5. The molecular weight excluding hydrogens is 502 g/mol. The van der Waals surface area contributed by atoms with Gasteiger partial charge < -0.3 is 20.1 Å². The summed E-state index contributed by atoms with van der Waals surface area (Å²) >= 11 is 5.70. The van der Waals surface area contributed by atoms with Gasteiger partial charge in [0.25, 0.3) is 0 Å². The van der Waals surface area contributed by atoms with Crippen molar-refractivity contribution in [2.75, 3.05) is 13.3 Å². The number of halogens is 1. The molecule has 0 unspecified atom stereocenters. The van der Waals surface area contributed by atoms with Crippen LogP contribution in [0.5, 0.6) is 11.5 Å². The lowest BCUT2D eigenvalue weighted by Crippen LogP contribution is -2.53. The molecule has 1 saturated carbocycles. The second-order valence-corrected chi connectivity index (χ2v) is 10.6. The normalized spacial score (nSPS) is 24.1. The molecule has 0 spiro atoms. The van der Waals surface area contributed by atoms with E-state index in [1.54, 1.807) is 0 Å². The van der Waals surface area contributed by atoms with Crippen molar-refractivity contribution >= 4 is 29.7 Å². The number of hydrogen-bond donors (Lipinski definition) is 2. The van der Waals surface area contributed by atoms with Gasteiger partial charge >= 0.3 is 0 Å².